The lowest BCUT2D eigenvalue weighted by Crippen LogP contribution is -1.94. The number of hydrogen-bond acceptors (Lipinski definition) is 3. The van der Waals surface area contributed by atoms with E-state index in [1.54, 1.807) is 10.9 Å². The number of halogens is 1. The first-order valence-electron chi connectivity index (χ1n) is 7.55. The molecule has 0 fully saturated rings. The van der Waals surface area contributed by atoms with E-state index in [2.05, 4.69) is 16.2 Å². The number of benzene rings is 2. The van der Waals surface area contributed by atoms with Crippen molar-refractivity contribution < 1.29 is 0 Å². The quantitative estimate of drug-likeness (QED) is 0.551. The molecule has 0 unspecified atom stereocenters. The maximum Gasteiger partial charge on any atom is 0.111 e. The number of aryl methyl sites for hydroxylation is 1. The van der Waals surface area contributed by atoms with Crippen LogP contribution in [0.2, 0.25) is 5.02 Å². The Balaban J connectivity index is 1.86. The highest BCUT2D eigenvalue weighted by Crippen LogP contribution is 2.31. The van der Waals surface area contributed by atoms with Crippen LogP contribution in [0.3, 0.4) is 0 Å². The van der Waals surface area contributed by atoms with Crippen molar-refractivity contribution in [3.63, 3.8) is 0 Å². The fourth-order valence-corrected chi connectivity index (χ4v) is 3.36. The highest BCUT2D eigenvalue weighted by atomic mass is 35.5. The molecule has 0 aliphatic heterocycles. The van der Waals surface area contributed by atoms with Gasteiger partial charge in [0.2, 0.25) is 0 Å². The van der Waals surface area contributed by atoms with Crippen LogP contribution in [0.1, 0.15) is 16.7 Å². The van der Waals surface area contributed by atoms with Gasteiger partial charge >= 0.3 is 0 Å². The fraction of sp³-hybridized carbons (Fsp3) is 0.105. The molecular weight excluding hydrogens is 320 g/mol. The Labute approximate surface area is 143 Å². The predicted molar refractivity (Wildman–Crippen MR) is 95.0 cm³/mol. The number of aromatic nitrogens is 3. The summed E-state index contributed by atoms with van der Waals surface area (Å²) in [6.07, 6.45) is 2.40. The minimum atomic E-state index is 0.658. The van der Waals surface area contributed by atoms with E-state index in [9.17, 15) is 5.26 Å². The molecule has 0 aliphatic carbocycles. The average molecular weight is 333 g/mol. The van der Waals surface area contributed by atoms with Crippen molar-refractivity contribution >= 4 is 33.5 Å². The van der Waals surface area contributed by atoms with Gasteiger partial charge in [0.25, 0.3) is 0 Å². The number of nitriles is 1. The Kier molecular flexibility index (Phi) is 3.44. The van der Waals surface area contributed by atoms with E-state index in [1.165, 1.54) is 0 Å². The lowest BCUT2D eigenvalue weighted by Gasteiger charge is -2.08. The first-order valence-corrected chi connectivity index (χ1v) is 7.93. The Bertz CT molecular complexity index is 1120. The highest BCUT2D eigenvalue weighted by Gasteiger charge is 2.12. The maximum atomic E-state index is 9.25. The molecule has 4 rings (SSSR count). The summed E-state index contributed by atoms with van der Waals surface area (Å²) in [5.41, 5.74) is 5.26. The van der Waals surface area contributed by atoms with Crippen LogP contribution in [0.4, 0.5) is 0 Å². The maximum absolute atomic E-state index is 9.25. The molecule has 2 heterocycles. The molecule has 0 amide bonds. The monoisotopic (exact) mass is 332 g/mol. The third kappa shape index (κ3) is 2.31. The van der Waals surface area contributed by atoms with E-state index in [0.29, 0.717) is 17.0 Å². The molecule has 0 N–H and O–H groups in total. The second-order valence-corrected chi connectivity index (χ2v) is 6.10. The lowest BCUT2D eigenvalue weighted by atomic mass is 9.99. The number of pyridine rings is 1. The van der Waals surface area contributed by atoms with E-state index in [-0.39, 0.29) is 0 Å². The van der Waals surface area contributed by atoms with Crippen molar-refractivity contribution in [3.8, 4) is 6.07 Å². The Morgan fingerprint density at radius 3 is 2.83 bits per heavy atom. The standard InChI is InChI=1S/C19H13ClN4/c1-24-19-17(11-22-24)23-16-7-6-12(9-15(16)18(19)20)8-13-4-2-3-5-14(13)10-21/h2-7,9,11H,8H2,1H3. The van der Waals surface area contributed by atoms with Gasteiger partial charge in [-0.05, 0) is 35.7 Å². The van der Waals surface area contributed by atoms with Crippen molar-refractivity contribution in [2.24, 2.45) is 7.05 Å². The normalized spacial score (nSPS) is 11.0. The van der Waals surface area contributed by atoms with Gasteiger partial charge in [-0.2, -0.15) is 10.4 Å². The lowest BCUT2D eigenvalue weighted by molar-refractivity contribution is 0.797. The number of nitrogens with zero attached hydrogens (tertiary/aromatic N) is 4. The molecule has 24 heavy (non-hydrogen) atoms. The molecule has 2 aromatic heterocycles. The summed E-state index contributed by atoms with van der Waals surface area (Å²) in [7, 11) is 1.86. The van der Waals surface area contributed by atoms with Crippen molar-refractivity contribution in [2.75, 3.05) is 0 Å². The Hall–Kier alpha value is -2.90. The van der Waals surface area contributed by atoms with E-state index in [1.807, 2.05) is 49.5 Å². The van der Waals surface area contributed by atoms with Crippen molar-refractivity contribution in [2.45, 2.75) is 6.42 Å². The smallest absolute Gasteiger partial charge is 0.111 e. The third-order valence-corrected chi connectivity index (χ3v) is 4.58. The summed E-state index contributed by atoms with van der Waals surface area (Å²) in [6, 6.07) is 15.9. The van der Waals surface area contributed by atoms with Gasteiger partial charge in [-0.1, -0.05) is 35.9 Å². The summed E-state index contributed by atoms with van der Waals surface area (Å²) < 4.78 is 1.74. The molecule has 116 valence electrons. The molecule has 0 aliphatic rings. The topological polar surface area (TPSA) is 54.5 Å². The van der Waals surface area contributed by atoms with Crippen LogP contribution in [-0.2, 0) is 13.5 Å². The second-order valence-electron chi connectivity index (χ2n) is 5.73. The zero-order chi connectivity index (χ0) is 16.7. The fourth-order valence-electron chi connectivity index (χ4n) is 2.99. The number of rotatable bonds is 2. The molecule has 2 aromatic carbocycles. The van der Waals surface area contributed by atoms with Gasteiger partial charge in [0, 0.05) is 12.4 Å². The summed E-state index contributed by atoms with van der Waals surface area (Å²) >= 11 is 6.60. The van der Waals surface area contributed by atoms with Gasteiger partial charge < -0.3 is 0 Å². The van der Waals surface area contributed by atoms with Crippen molar-refractivity contribution in [1.29, 1.82) is 5.26 Å². The van der Waals surface area contributed by atoms with Crippen LogP contribution in [0.5, 0.6) is 0 Å². The van der Waals surface area contributed by atoms with Crippen LogP contribution in [-0.4, -0.2) is 14.8 Å². The Morgan fingerprint density at radius 1 is 1.17 bits per heavy atom. The minimum Gasteiger partial charge on any atom is -0.265 e. The molecule has 4 aromatic rings. The summed E-state index contributed by atoms with van der Waals surface area (Å²) in [5.74, 6) is 0. The number of fused-ring (bicyclic) bond motifs is 2. The molecule has 0 bridgehead atoms. The van der Waals surface area contributed by atoms with E-state index in [4.69, 9.17) is 11.6 Å². The minimum absolute atomic E-state index is 0.658. The van der Waals surface area contributed by atoms with Gasteiger partial charge in [-0.3, -0.25) is 4.68 Å². The van der Waals surface area contributed by atoms with Crippen molar-refractivity contribution in [3.05, 3.63) is 70.4 Å². The zero-order valence-electron chi connectivity index (χ0n) is 13.0. The Morgan fingerprint density at radius 2 is 2.00 bits per heavy atom. The highest BCUT2D eigenvalue weighted by molar-refractivity contribution is 6.39. The summed E-state index contributed by atoms with van der Waals surface area (Å²) in [4.78, 5) is 4.62. The van der Waals surface area contributed by atoms with Crippen molar-refractivity contribution in [1.82, 2.24) is 14.8 Å². The SMILES string of the molecule is Cn1ncc2nc3ccc(Cc4ccccc4C#N)cc3c(Cl)c21. The molecule has 0 saturated carbocycles. The van der Waals surface area contributed by atoms with Crippen LogP contribution < -0.4 is 0 Å². The molecule has 0 atom stereocenters. The second kappa shape index (κ2) is 5.63. The van der Waals surface area contributed by atoms with E-state index >= 15 is 0 Å². The van der Waals surface area contributed by atoms with Gasteiger partial charge in [0.15, 0.2) is 0 Å². The van der Waals surface area contributed by atoms with Crippen LogP contribution >= 0.6 is 11.6 Å². The van der Waals surface area contributed by atoms with E-state index < -0.39 is 0 Å². The van der Waals surface area contributed by atoms with Gasteiger partial charge in [-0.25, -0.2) is 4.98 Å². The van der Waals surface area contributed by atoms with Crippen LogP contribution in [0.25, 0.3) is 21.9 Å². The first-order chi connectivity index (χ1) is 11.7. The number of hydrogen-bond donors (Lipinski definition) is 0. The molecular formula is C19H13ClN4. The summed E-state index contributed by atoms with van der Waals surface area (Å²) in [5, 5.41) is 15.0. The molecule has 4 nitrogen and oxygen atoms in total. The largest absolute Gasteiger partial charge is 0.265 e. The molecule has 0 saturated heterocycles. The van der Waals surface area contributed by atoms with Gasteiger partial charge in [0.1, 0.15) is 11.0 Å². The van der Waals surface area contributed by atoms with E-state index in [0.717, 1.165) is 33.1 Å². The predicted octanol–water partition coefficient (Wildman–Crippen LogP) is 4.24. The summed E-state index contributed by atoms with van der Waals surface area (Å²) in [6.45, 7) is 0. The van der Waals surface area contributed by atoms with Gasteiger partial charge in [0.05, 0.1) is 28.4 Å². The van der Waals surface area contributed by atoms with Crippen LogP contribution in [0.15, 0.2) is 48.7 Å². The first kappa shape index (κ1) is 14.7. The third-order valence-electron chi connectivity index (χ3n) is 4.20. The molecule has 0 spiro atoms. The molecule has 0 radical (unpaired) electrons. The molecule has 5 heteroatoms. The van der Waals surface area contributed by atoms with Crippen LogP contribution in [0, 0.1) is 11.3 Å². The van der Waals surface area contributed by atoms with Gasteiger partial charge in [-0.15, -0.1) is 0 Å². The average Bonchev–Trinajstić information content (AvgIpc) is 2.97. The zero-order valence-corrected chi connectivity index (χ0v) is 13.7.